The molecule has 2 saturated carbocycles. The molecule has 2 atom stereocenters. The number of carbonyl (C=O) groups is 2. The van der Waals surface area contributed by atoms with Crippen LogP contribution in [0.25, 0.3) is 0 Å². The van der Waals surface area contributed by atoms with Gasteiger partial charge in [0.25, 0.3) is 0 Å². The zero-order valence-electron chi connectivity index (χ0n) is 25.6. The Hall–Kier alpha value is -2.52. The molecule has 0 aromatic carbocycles. The van der Waals surface area contributed by atoms with Crippen molar-refractivity contribution in [2.75, 3.05) is 26.2 Å². The van der Waals surface area contributed by atoms with Crippen molar-refractivity contribution >= 4 is 23.7 Å². The van der Waals surface area contributed by atoms with E-state index in [1.807, 2.05) is 0 Å². The van der Waals surface area contributed by atoms with Crippen LogP contribution in [0.2, 0.25) is 0 Å². The number of hydrogen-bond acceptors (Lipinski definition) is 6. The van der Waals surface area contributed by atoms with Gasteiger partial charge in [0, 0.05) is 49.1 Å². The number of urea groups is 2. The molecule has 2 aliphatic heterocycles. The van der Waals surface area contributed by atoms with Crippen molar-refractivity contribution in [1.29, 1.82) is 0 Å². The fraction of sp³-hybridized carbons (Fsp3) is 0.871. The summed E-state index contributed by atoms with van der Waals surface area (Å²) >= 11 is 0. The standard InChI is InChI=1S/C31H56N8O2/c1-22-20-34-28(36-22)24-10-14-26(15-11-24)38-30(40)32-18-8-6-4-3-5-7-9-19-33-31(41)39-27-16-12-25(13-17-27)29-35-21-23(2)37-29/h22-27H,3-21H2,1-2H3,(H,34,36)(H,35,37)(H2,32,38,40)(H2,33,39,41). The largest absolute Gasteiger partial charge is 0.369 e. The molecule has 4 amide bonds. The topological polar surface area (TPSA) is 131 Å². The number of hydrogen-bond donors (Lipinski definition) is 6. The van der Waals surface area contributed by atoms with Crippen LogP contribution in [0.4, 0.5) is 9.59 Å². The maximum Gasteiger partial charge on any atom is 0.315 e. The number of amides is 4. The number of carbonyl (C=O) groups excluding carboxylic acids is 2. The molecular weight excluding hydrogens is 516 g/mol. The highest BCUT2D eigenvalue weighted by molar-refractivity contribution is 5.87. The van der Waals surface area contributed by atoms with E-state index in [4.69, 9.17) is 0 Å². The molecule has 4 rings (SSSR count). The van der Waals surface area contributed by atoms with E-state index in [9.17, 15) is 9.59 Å². The van der Waals surface area contributed by atoms with Crippen molar-refractivity contribution in [3.05, 3.63) is 0 Å². The van der Waals surface area contributed by atoms with Gasteiger partial charge in [-0.3, -0.25) is 9.98 Å². The first-order valence-corrected chi connectivity index (χ1v) is 16.7. The molecule has 232 valence electrons. The van der Waals surface area contributed by atoms with Crippen LogP contribution in [-0.4, -0.2) is 74.1 Å². The highest BCUT2D eigenvalue weighted by Crippen LogP contribution is 2.27. The molecule has 2 aliphatic carbocycles. The summed E-state index contributed by atoms with van der Waals surface area (Å²) in [5.41, 5.74) is 0. The Balaban J connectivity index is 0.897. The molecule has 10 heteroatoms. The first-order chi connectivity index (χ1) is 20.0. The van der Waals surface area contributed by atoms with E-state index in [-0.39, 0.29) is 24.1 Å². The summed E-state index contributed by atoms with van der Waals surface area (Å²) in [5, 5.41) is 19.4. The summed E-state index contributed by atoms with van der Waals surface area (Å²) in [6.45, 7) is 7.62. The van der Waals surface area contributed by atoms with Crippen LogP contribution >= 0.6 is 0 Å². The third kappa shape index (κ3) is 11.0. The smallest absolute Gasteiger partial charge is 0.315 e. The van der Waals surface area contributed by atoms with Gasteiger partial charge in [0.1, 0.15) is 0 Å². The SMILES string of the molecule is CC1CN=C(C2CCC(NC(=O)NCCCCCCCCCNC(=O)NC3CCC(C4=NCC(C)N4)CC3)CC2)N1. The predicted molar refractivity (Wildman–Crippen MR) is 167 cm³/mol. The van der Waals surface area contributed by atoms with E-state index in [2.05, 4.69) is 55.7 Å². The second-order valence-electron chi connectivity index (χ2n) is 12.9. The number of nitrogens with zero attached hydrogens (tertiary/aromatic N) is 2. The minimum Gasteiger partial charge on any atom is -0.369 e. The van der Waals surface area contributed by atoms with Gasteiger partial charge in [0.05, 0.1) is 24.8 Å². The fourth-order valence-corrected chi connectivity index (χ4v) is 6.68. The molecule has 4 aliphatic rings. The van der Waals surface area contributed by atoms with Crippen molar-refractivity contribution < 1.29 is 9.59 Å². The zero-order chi connectivity index (χ0) is 28.9. The maximum absolute atomic E-state index is 12.3. The number of aliphatic imine (C=N–C) groups is 2. The number of unbranched alkanes of at least 4 members (excludes halogenated alkanes) is 6. The molecule has 0 aromatic heterocycles. The molecule has 0 bridgehead atoms. The van der Waals surface area contributed by atoms with Crippen molar-refractivity contribution in [3.8, 4) is 0 Å². The summed E-state index contributed by atoms with van der Waals surface area (Å²) < 4.78 is 0. The summed E-state index contributed by atoms with van der Waals surface area (Å²) in [4.78, 5) is 33.8. The van der Waals surface area contributed by atoms with Crippen LogP contribution in [0.15, 0.2) is 9.98 Å². The lowest BCUT2D eigenvalue weighted by atomic mass is 9.85. The number of rotatable bonds is 14. The van der Waals surface area contributed by atoms with Crippen LogP contribution in [-0.2, 0) is 0 Å². The van der Waals surface area contributed by atoms with E-state index in [0.29, 0.717) is 23.9 Å². The van der Waals surface area contributed by atoms with Gasteiger partial charge in [-0.25, -0.2) is 9.59 Å². The summed E-state index contributed by atoms with van der Waals surface area (Å²) in [6.07, 6.45) is 16.5. The molecule has 0 saturated heterocycles. The number of nitrogens with one attached hydrogen (secondary N) is 6. The van der Waals surface area contributed by atoms with Gasteiger partial charge in [-0.15, -0.1) is 0 Å². The fourth-order valence-electron chi connectivity index (χ4n) is 6.68. The van der Waals surface area contributed by atoms with E-state index in [1.54, 1.807) is 0 Å². The Morgan fingerprint density at radius 1 is 0.610 bits per heavy atom. The van der Waals surface area contributed by atoms with Crippen molar-refractivity contribution in [2.24, 2.45) is 21.8 Å². The van der Waals surface area contributed by atoms with Crippen LogP contribution < -0.4 is 31.9 Å². The Labute approximate surface area is 247 Å². The highest BCUT2D eigenvalue weighted by Gasteiger charge is 2.29. The lowest BCUT2D eigenvalue weighted by Crippen LogP contribution is -2.45. The lowest BCUT2D eigenvalue weighted by Gasteiger charge is -2.29. The molecule has 10 nitrogen and oxygen atoms in total. The molecule has 0 aromatic rings. The van der Waals surface area contributed by atoms with Crippen LogP contribution in [0.3, 0.4) is 0 Å². The Kier molecular flexibility index (Phi) is 12.9. The van der Waals surface area contributed by atoms with Crippen molar-refractivity contribution in [3.63, 3.8) is 0 Å². The summed E-state index contributed by atoms with van der Waals surface area (Å²) in [5.74, 6) is 3.45. The van der Waals surface area contributed by atoms with Gasteiger partial charge in [-0.1, -0.05) is 32.1 Å². The van der Waals surface area contributed by atoms with E-state index >= 15 is 0 Å². The Morgan fingerprint density at radius 2 is 0.976 bits per heavy atom. The minimum atomic E-state index is -0.0198. The van der Waals surface area contributed by atoms with Crippen molar-refractivity contribution in [2.45, 2.75) is 134 Å². The normalized spacial score (nSPS) is 29.5. The molecular formula is C31H56N8O2. The Morgan fingerprint density at radius 3 is 1.32 bits per heavy atom. The van der Waals surface area contributed by atoms with Gasteiger partial charge in [0.15, 0.2) is 0 Å². The monoisotopic (exact) mass is 572 g/mol. The third-order valence-electron chi connectivity index (χ3n) is 9.18. The number of amidine groups is 2. The first-order valence-electron chi connectivity index (χ1n) is 16.7. The molecule has 2 unspecified atom stereocenters. The van der Waals surface area contributed by atoms with Crippen LogP contribution in [0.5, 0.6) is 0 Å². The van der Waals surface area contributed by atoms with Gasteiger partial charge < -0.3 is 31.9 Å². The molecule has 41 heavy (non-hydrogen) atoms. The Bertz CT molecular complexity index is 807. The van der Waals surface area contributed by atoms with Crippen molar-refractivity contribution in [1.82, 2.24) is 31.9 Å². The quantitative estimate of drug-likeness (QED) is 0.174. The molecule has 0 radical (unpaired) electrons. The average molecular weight is 573 g/mol. The van der Waals surface area contributed by atoms with E-state index < -0.39 is 0 Å². The van der Waals surface area contributed by atoms with E-state index in [1.165, 1.54) is 30.9 Å². The zero-order valence-corrected chi connectivity index (χ0v) is 25.6. The van der Waals surface area contributed by atoms with Gasteiger partial charge in [-0.2, -0.15) is 0 Å². The third-order valence-corrected chi connectivity index (χ3v) is 9.18. The van der Waals surface area contributed by atoms with Gasteiger partial charge in [0.2, 0.25) is 0 Å². The minimum absolute atomic E-state index is 0.0198. The van der Waals surface area contributed by atoms with Crippen LogP contribution in [0, 0.1) is 11.8 Å². The molecule has 0 spiro atoms. The molecule has 6 N–H and O–H groups in total. The molecule has 2 heterocycles. The lowest BCUT2D eigenvalue weighted by molar-refractivity contribution is 0.230. The van der Waals surface area contributed by atoms with E-state index in [0.717, 1.165) is 103 Å². The maximum atomic E-state index is 12.3. The van der Waals surface area contributed by atoms with Gasteiger partial charge >= 0.3 is 12.1 Å². The second kappa shape index (κ2) is 16.8. The molecule has 2 fully saturated rings. The summed E-state index contributed by atoms with van der Waals surface area (Å²) in [6, 6.07) is 1.46. The second-order valence-corrected chi connectivity index (χ2v) is 12.9. The predicted octanol–water partition coefficient (Wildman–Crippen LogP) is 4.21. The average Bonchev–Trinajstić information content (AvgIpc) is 3.60. The first kappa shape index (κ1) is 31.4. The van der Waals surface area contributed by atoms with Crippen LogP contribution in [0.1, 0.15) is 110 Å². The summed E-state index contributed by atoms with van der Waals surface area (Å²) in [7, 11) is 0. The van der Waals surface area contributed by atoms with Gasteiger partial charge in [-0.05, 0) is 78.1 Å². The highest BCUT2D eigenvalue weighted by atomic mass is 16.2.